The Morgan fingerprint density at radius 1 is 1.26 bits per heavy atom. The molecule has 2 heterocycles. The number of nitrogens with one attached hydrogen (secondary N) is 1. The Kier molecular flexibility index (Phi) is 5.73. The minimum Gasteiger partial charge on any atom is -0.309 e. The molecule has 0 spiro atoms. The zero-order valence-corrected chi connectivity index (χ0v) is 11.7. The average molecular weight is 265 g/mol. The predicted octanol–water partition coefficient (Wildman–Crippen LogP) is 2.75. The molecule has 1 N–H and O–H groups in total. The lowest BCUT2D eigenvalue weighted by atomic mass is 10.1. The third kappa shape index (κ3) is 4.88. The molecule has 0 aromatic carbocycles. The van der Waals surface area contributed by atoms with E-state index in [1.165, 1.54) is 45.0 Å². The van der Waals surface area contributed by atoms with Gasteiger partial charge in [0.1, 0.15) is 5.82 Å². The molecule has 0 saturated carbocycles. The van der Waals surface area contributed by atoms with Crippen molar-refractivity contribution in [2.75, 3.05) is 26.2 Å². The number of nitrogens with zero attached hydrogens (tertiary/aromatic N) is 2. The van der Waals surface area contributed by atoms with Gasteiger partial charge < -0.3 is 10.2 Å². The van der Waals surface area contributed by atoms with Gasteiger partial charge in [-0.2, -0.15) is 0 Å². The maximum atomic E-state index is 13.1. The number of pyridine rings is 1. The van der Waals surface area contributed by atoms with Crippen LogP contribution in [0.1, 0.15) is 44.2 Å². The van der Waals surface area contributed by atoms with Crippen LogP contribution in [0.15, 0.2) is 18.5 Å². The van der Waals surface area contributed by atoms with Crippen molar-refractivity contribution in [2.24, 2.45) is 0 Å². The topological polar surface area (TPSA) is 28.2 Å². The maximum Gasteiger partial charge on any atom is 0.141 e. The van der Waals surface area contributed by atoms with Crippen LogP contribution < -0.4 is 5.32 Å². The molecule has 106 valence electrons. The highest BCUT2D eigenvalue weighted by atomic mass is 19.1. The summed E-state index contributed by atoms with van der Waals surface area (Å²) in [4.78, 5) is 6.41. The molecule has 1 atom stereocenters. The summed E-state index contributed by atoms with van der Waals surface area (Å²) in [6, 6.07) is 1.70. The van der Waals surface area contributed by atoms with E-state index in [0.717, 1.165) is 18.7 Å². The highest BCUT2D eigenvalue weighted by Crippen LogP contribution is 2.12. The van der Waals surface area contributed by atoms with Crippen LogP contribution in [0.4, 0.5) is 4.39 Å². The molecule has 1 aromatic heterocycles. The molecule has 0 radical (unpaired) electrons. The van der Waals surface area contributed by atoms with Crippen LogP contribution in [0.2, 0.25) is 0 Å². The molecule has 3 nitrogen and oxygen atoms in total. The van der Waals surface area contributed by atoms with Gasteiger partial charge in [0.2, 0.25) is 0 Å². The molecule has 4 heteroatoms. The summed E-state index contributed by atoms with van der Waals surface area (Å²) in [5.41, 5.74) is 0.913. The van der Waals surface area contributed by atoms with E-state index in [2.05, 4.69) is 22.1 Å². The van der Waals surface area contributed by atoms with Crippen molar-refractivity contribution in [3.05, 3.63) is 29.8 Å². The summed E-state index contributed by atoms with van der Waals surface area (Å²) in [6.45, 7) is 6.51. The first-order valence-corrected chi connectivity index (χ1v) is 7.32. The Balaban J connectivity index is 1.72. The standard InChI is InChI=1S/C15H24FN3/c1-13(14-10-15(16)12-17-11-14)18-6-9-19-7-4-2-3-5-8-19/h10-13,18H,2-9H2,1H3. The monoisotopic (exact) mass is 265 g/mol. The first-order valence-electron chi connectivity index (χ1n) is 7.32. The molecular weight excluding hydrogens is 241 g/mol. The van der Waals surface area contributed by atoms with Crippen molar-refractivity contribution in [1.82, 2.24) is 15.2 Å². The summed E-state index contributed by atoms with van der Waals surface area (Å²) in [5, 5.41) is 3.45. The molecule has 2 rings (SSSR count). The first-order chi connectivity index (χ1) is 9.25. The Morgan fingerprint density at radius 3 is 2.68 bits per heavy atom. The smallest absolute Gasteiger partial charge is 0.141 e. The summed E-state index contributed by atoms with van der Waals surface area (Å²) in [6.07, 6.45) is 8.36. The van der Waals surface area contributed by atoms with E-state index in [4.69, 9.17) is 0 Å². The van der Waals surface area contributed by atoms with Gasteiger partial charge in [-0.25, -0.2) is 4.39 Å². The fourth-order valence-corrected chi connectivity index (χ4v) is 2.58. The van der Waals surface area contributed by atoms with Gasteiger partial charge in [0.15, 0.2) is 0 Å². The van der Waals surface area contributed by atoms with E-state index in [1.54, 1.807) is 12.3 Å². The molecule has 0 amide bonds. The van der Waals surface area contributed by atoms with E-state index in [-0.39, 0.29) is 11.9 Å². The Morgan fingerprint density at radius 2 is 2.00 bits per heavy atom. The lowest BCUT2D eigenvalue weighted by Crippen LogP contribution is -2.33. The summed E-state index contributed by atoms with van der Waals surface area (Å²) in [5.74, 6) is -0.265. The average Bonchev–Trinajstić information content (AvgIpc) is 2.67. The van der Waals surface area contributed by atoms with E-state index in [9.17, 15) is 4.39 Å². The van der Waals surface area contributed by atoms with Crippen molar-refractivity contribution >= 4 is 0 Å². The number of hydrogen-bond acceptors (Lipinski definition) is 3. The van der Waals surface area contributed by atoms with Gasteiger partial charge in [-0.05, 0) is 44.5 Å². The van der Waals surface area contributed by atoms with Crippen LogP contribution in [0.5, 0.6) is 0 Å². The number of halogens is 1. The van der Waals surface area contributed by atoms with Crippen LogP contribution in [0.25, 0.3) is 0 Å². The minimum absolute atomic E-state index is 0.148. The predicted molar refractivity (Wildman–Crippen MR) is 75.5 cm³/mol. The van der Waals surface area contributed by atoms with Gasteiger partial charge in [-0.3, -0.25) is 4.98 Å². The molecule has 19 heavy (non-hydrogen) atoms. The van der Waals surface area contributed by atoms with Crippen molar-refractivity contribution in [3.63, 3.8) is 0 Å². The number of hydrogen-bond donors (Lipinski definition) is 1. The summed E-state index contributed by atoms with van der Waals surface area (Å²) >= 11 is 0. The lowest BCUT2D eigenvalue weighted by Gasteiger charge is -2.21. The van der Waals surface area contributed by atoms with Gasteiger partial charge in [0.05, 0.1) is 6.20 Å². The van der Waals surface area contributed by atoms with Gasteiger partial charge in [-0.1, -0.05) is 12.8 Å². The normalized spacial score (nSPS) is 19.1. The third-order valence-corrected chi connectivity index (χ3v) is 3.80. The third-order valence-electron chi connectivity index (χ3n) is 3.80. The van der Waals surface area contributed by atoms with Crippen LogP contribution >= 0.6 is 0 Å². The second-order valence-electron chi connectivity index (χ2n) is 5.37. The fraction of sp³-hybridized carbons (Fsp3) is 0.667. The van der Waals surface area contributed by atoms with Crippen LogP contribution in [0, 0.1) is 5.82 Å². The Labute approximate surface area is 115 Å². The first kappa shape index (κ1) is 14.4. The second-order valence-corrected chi connectivity index (χ2v) is 5.37. The summed E-state index contributed by atoms with van der Waals surface area (Å²) < 4.78 is 13.1. The van der Waals surface area contributed by atoms with Gasteiger partial charge >= 0.3 is 0 Å². The molecule has 1 fully saturated rings. The minimum atomic E-state index is -0.265. The fourth-order valence-electron chi connectivity index (χ4n) is 2.58. The molecule has 0 bridgehead atoms. The van der Waals surface area contributed by atoms with E-state index >= 15 is 0 Å². The molecule has 1 saturated heterocycles. The SMILES string of the molecule is CC(NCCN1CCCCCC1)c1cncc(F)c1. The zero-order chi connectivity index (χ0) is 13.5. The number of rotatable bonds is 5. The number of likely N-dealkylation sites (tertiary alicyclic amines) is 1. The van der Waals surface area contributed by atoms with Crippen molar-refractivity contribution < 1.29 is 4.39 Å². The summed E-state index contributed by atoms with van der Waals surface area (Å²) in [7, 11) is 0. The Hall–Kier alpha value is -1.00. The van der Waals surface area contributed by atoms with E-state index in [0.29, 0.717) is 0 Å². The quantitative estimate of drug-likeness (QED) is 0.887. The van der Waals surface area contributed by atoms with Crippen molar-refractivity contribution in [3.8, 4) is 0 Å². The van der Waals surface area contributed by atoms with E-state index < -0.39 is 0 Å². The van der Waals surface area contributed by atoms with E-state index in [1.807, 2.05) is 0 Å². The van der Waals surface area contributed by atoms with Gasteiger partial charge in [0, 0.05) is 25.3 Å². The van der Waals surface area contributed by atoms with Gasteiger partial charge in [-0.15, -0.1) is 0 Å². The largest absolute Gasteiger partial charge is 0.309 e. The second kappa shape index (κ2) is 7.56. The highest BCUT2D eigenvalue weighted by Gasteiger charge is 2.10. The molecule has 0 aliphatic carbocycles. The van der Waals surface area contributed by atoms with Crippen LogP contribution in [-0.2, 0) is 0 Å². The van der Waals surface area contributed by atoms with Gasteiger partial charge in [0.25, 0.3) is 0 Å². The van der Waals surface area contributed by atoms with Crippen LogP contribution in [0.3, 0.4) is 0 Å². The lowest BCUT2D eigenvalue weighted by molar-refractivity contribution is 0.280. The molecule has 1 unspecified atom stereocenters. The molecular formula is C15H24FN3. The van der Waals surface area contributed by atoms with Crippen molar-refractivity contribution in [2.45, 2.75) is 38.6 Å². The zero-order valence-electron chi connectivity index (χ0n) is 11.7. The molecule has 1 aromatic rings. The Bertz CT molecular complexity index is 375. The molecule has 1 aliphatic heterocycles. The van der Waals surface area contributed by atoms with Crippen LogP contribution in [-0.4, -0.2) is 36.1 Å². The van der Waals surface area contributed by atoms with Crippen molar-refractivity contribution in [1.29, 1.82) is 0 Å². The molecule has 1 aliphatic rings. The highest BCUT2D eigenvalue weighted by molar-refractivity contribution is 5.14. The maximum absolute atomic E-state index is 13.1. The number of aromatic nitrogens is 1.